The molecule has 0 radical (unpaired) electrons. The molecule has 0 aromatic carbocycles. The lowest BCUT2D eigenvalue weighted by atomic mass is 9.98. The van der Waals surface area contributed by atoms with Crippen molar-refractivity contribution in [1.82, 2.24) is 9.80 Å². The van der Waals surface area contributed by atoms with Gasteiger partial charge in [0.25, 0.3) is 0 Å². The van der Waals surface area contributed by atoms with Crippen LogP contribution in [0.15, 0.2) is 0 Å². The highest BCUT2D eigenvalue weighted by atomic mass is 16.5. The molecule has 2 saturated heterocycles. The third-order valence-corrected chi connectivity index (χ3v) is 4.07. The van der Waals surface area contributed by atoms with Gasteiger partial charge in [-0.3, -0.25) is 9.69 Å². The van der Waals surface area contributed by atoms with Crippen molar-refractivity contribution < 1.29 is 9.53 Å². The molecule has 2 aliphatic rings. The second kappa shape index (κ2) is 6.68. The van der Waals surface area contributed by atoms with Crippen LogP contribution in [0.5, 0.6) is 0 Å². The Bertz CT molecular complexity index is 301. The number of ether oxygens (including phenoxy) is 1. The molecule has 2 aliphatic heterocycles. The molecule has 5 heteroatoms. The van der Waals surface area contributed by atoms with Crippen molar-refractivity contribution in [1.29, 1.82) is 0 Å². The molecular formula is C14H27N3O2. The standard InChI is InChI=1S/C14H27N3O2/c1-11-7-17(8-12(2)19-11)14(18)10-16-5-3-4-13(6-15)9-16/h11-13H,3-10,15H2,1-2H3. The molecule has 2 fully saturated rings. The summed E-state index contributed by atoms with van der Waals surface area (Å²) in [5.74, 6) is 0.795. The van der Waals surface area contributed by atoms with Crippen LogP contribution in [0.4, 0.5) is 0 Å². The Balaban J connectivity index is 1.83. The third kappa shape index (κ3) is 4.16. The minimum absolute atomic E-state index is 0.144. The highest BCUT2D eigenvalue weighted by Crippen LogP contribution is 2.16. The summed E-state index contributed by atoms with van der Waals surface area (Å²) < 4.78 is 5.67. The molecule has 2 rings (SSSR count). The lowest BCUT2D eigenvalue weighted by Crippen LogP contribution is -2.52. The van der Waals surface area contributed by atoms with Crippen LogP contribution in [0.25, 0.3) is 0 Å². The topological polar surface area (TPSA) is 58.8 Å². The average molecular weight is 269 g/mol. The number of morpholine rings is 1. The predicted molar refractivity (Wildman–Crippen MR) is 74.8 cm³/mol. The Morgan fingerprint density at radius 2 is 1.95 bits per heavy atom. The van der Waals surface area contributed by atoms with Crippen molar-refractivity contribution in [3.8, 4) is 0 Å². The Morgan fingerprint density at radius 1 is 1.26 bits per heavy atom. The molecule has 0 spiro atoms. The fraction of sp³-hybridized carbons (Fsp3) is 0.929. The second-order valence-corrected chi connectivity index (χ2v) is 6.04. The van der Waals surface area contributed by atoms with E-state index in [0.29, 0.717) is 12.5 Å². The number of nitrogens with two attached hydrogens (primary N) is 1. The first-order valence-electron chi connectivity index (χ1n) is 7.44. The lowest BCUT2D eigenvalue weighted by Gasteiger charge is -2.38. The molecular weight excluding hydrogens is 242 g/mol. The smallest absolute Gasteiger partial charge is 0.236 e. The van der Waals surface area contributed by atoms with Crippen LogP contribution < -0.4 is 5.73 Å². The van der Waals surface area contributed by atoms with E-state index >= 15 is 0 Å². The second-order valence-electron chi connectivity index (χ2n) is 6.04. The third-order valence-electron chi connectivity index (χ3n) is 4.07. The fourth-order valence-electron chi connectivity index (χ4n) is 3.16. The van der Waals surface area contributed by atoms with Crippen LogP contribution in [0.2, 0.25) is 0 Å². The SMILES string of the molecule is CC1CN(C(=O)CN2CCCC(CN)C2)CC(C)O1. The Kier molecular flexibility index (Phi) is 5.19. The molecule has 5 nitrogen and oxygen atoms in total. The van der Waals surface area contributed by atoms with E-state index in [2.05, 4.69) is 4.90 Å². The molecule has 0 aliphatic carbocycles. The van der Waals surface area contributed by atoms with E-state index in [9.17, 15) is 4.79 Å². The average Bonchev–Trinajstić information content (AvgIpc) is 2.37. The maximum Gasteiger partial charge on any atom is 0.236 e. The fourth-order valence-corrected chi connectivity index (χ4v) is 3.16. The summed E-state index contributed by atoms with van der Waals surface area (Å²) in [5, 5.41) is 0. The van der Waals surface area contributed by atoms with E-state index < -0.39 is 0 Å². The minimum Gasteiger partial charge on any atom is -0.372 e. The van der Waals surface area contributed by atoms with Crippen LogP contribution in [-0.2, 0) is 9.53 Å². The van der Waals surface area contributed by atoms with E-state index in [4.69, 9.17) is 10.5 Å². The minimum atomic E-state index is 0.144. The van der Waals surface area contributed by atoms with E-state index in [1.54, 1.807) is 0 Å². The zero-order valence-corrected chi connectivity index (χ0v) is 12.2. The molecule has 110 valence electrons. The molecule has 0 saturated carbocycles. The molecule has 3 unspecified atom stereocenters. The number of nitrogens with zero attached hydrogens (tertiary/aromatic N) is 2. The van der Waals surface area contributed by atoms with Gasteiger partial charge in [-0.1, -0.05) is 0 Å². The van der Waals surface area contributed by atoms with Gasteiger partial charge in [-0.25, -0.2) is 0 Å². The highest BCUT2D eigenvalue weighted by Gasteiger charge is 2.28. The Labute approximate surface area is 116 Å². The normalized spacial score (nSPS) is 33.4. The van der Waals surface area contributed by atoms with Gasteiger partial charge in [0.15, 0.2) is 0 Å². The van der Waals surface area contributed by atoms with Gasteiger partial charge < -0.3 is 15.4 Å². The number of hydrogen-bond donors (Lipinski definition) is 1. The van der Waals surface area contributed by atoms with E-state index in [1.807, 2.05) is 18.7 Å². The first-order chi connectivity index (χ1) is 9.08. The van der Waals surface area contributed by atoms with Crippen LogP contribution in [0.1, 0.15) is 26.7 Å². The van der Waals surface area contributed by atoms with Crippen molar-refractivity contribution in [3.05, 3.63) is 0 Å². The largest absolute Gasteiger partial charge is 0.372 e. The Hall–Kier alpha value is -0.650. The number of rotatable bonds is 3. The molecule has 3 atom stereocenters. The Morgan fingerprint density at radius 3 is 2.58 bits per heavy atom. The number of hydrogen-bond acceptors (Lipinski definition) is 4. The summed E-state index contributed by atoms with van der Waals surface area (Å²) in [5.41, 5.74) is 5.74. The zero-order chi connectivity index (χ0) is 13.8. The number of amides is 1. The van der Waals surface area contributed by atoms with E-state index in [0.717, 1.165) is 39.1 Å². The summed E-state index contributed by atoms with van der Waals surface area (Å²) in [6, 6.07) is 0. The van der Waals surface area contributed by atoms with Crippen molar-refractivity contribution in [3.63, 3.8) is 0 Å². The van der Waals surface area contributed by atoms with Gasteiger partial charge in [0.1, 0.15) is 0 Å². The predicted octanol–water partition coefficient (Wildman–Crippen LogP) is 0.293. The summed E-state index contributed by atoms with van der Waals surface area (Å²) in [6.07, 6.45) is 2.65. The van der Waals surface area contributed by atoms with Gasteiger partial charge in [0.05, 0.1) is 18.8 Å². The van der Waals surface area contributed by atoms with Crippen molar-refractivity contribution in [2.45, 2.75) is 38.9 Å². The van der Waals surface area contributed by atoms with Gasteiger partial charge in [-0.05, 0) is 45.7 Å². The molecule has 0 aromatic rings. The molecule has 0 bridgehead atoms. The van der Waals surface area contributed by atoms with Gasteiger partial charge in [0.2, 0.25) is 5.91 Å². The number of carbonyl (C=O) groups excluding carboxylic acids is 1. The van der Waals surface area contributed by atoms with Crippen molar-refractivity contribution >= 4 is 5.91 Å². The highest BCUT2D eigenvalue weighted by molar-refractivity contribution is 5.78. The monoisotopic (exact) mass is 269 g/mol. The van der Waals surface area contributed by atoms with Gasteiger partial charge in [-0.2, -0.15) is 0 Å². The van der Waals surface area contributed by atoms with Crippen molar-refractivity contribution in [2.24, 2.45) is 11.7 Å². The molecule has 2 N–H and O–H groups in total. The zero-order valence-electron chi connectivity index (χ0n) is 12.2. The first kappa shape index (κ1) is 14.8. The molecule has 0 aromatic heterocycles. The van der Waals surface area contributed by atoms with Crippen molar-refractivity contribution in [2.75, 3.05) is 39.3 Å². The summed E-state index contributed by atoms with van der Waals surface area (Å²) in [4.78, 5) is 16.6. The van der Waals surface area contributed by atoms with Gasteiger partial charge in [-0.15, -0.1) is 0 Å². The quantitative estimate of drug-likeness (QED) is 0.800. The molecule has 1 amide bonds. The van der Waals surface area contributed by atoms with Gasteiger partial charge in [0, 0.05) is 19.6 Å². The van der Waals surface area contributed by atoms with Crippen LogP contribution >= 0.6 is 0 Å². The molecule has 2 heterocycles. The van der Waals surface area contributed by atoms with Crippen LogP contribution in [-0.4, -0.2) is 67.2 Å². The maximum atomic E-state index is 12.3. The summed E-state index contributed by atoms with van der Waals surface area (Å²) in [7, 11) is 0. The summed E-state index contributed by atoms with van der Waals surface area (Å²) >= 11 is 0. The first-order valence-corrected chi connectivity index (χ1v) is 7.44. The number of carbonyl (C=O) groups is 1. The van der Waals surface area contributed by atoms with E-state index in [-0.39, 0.29) is 18.1 Å². The maximum absolute atomic E-state index is 12.3. The van der Waals surface area contributed by atoms with E-state index in [1.165, 1.54) is 6.42 Å². The van der Waals surface area contributed by atoms with Crippen LogP contribution in [0.3, 0.4) is 0 Å². The van der Waals surface area contributed by atoms with Gasteiger partial charge >= 0.3 is 0 Å². The number of piperidine rings is 1. The summed E-state index contributed by atoms with van der Waals surface area (Å²) in [6.45, 7) is 8.76. The van der Waals surface area contributed by atoms with Crippen LogP contribution in [0, 0.1) is 5.92 Å². The number of likely N-dealkylation sites (tertiary alicyclic amines) is 1. The molecule has 19 heavy (non-hydrogen) atoms. The lowest BCUT2D eigenvalue weighted by molar-refractivity contribution is -0.144.